The van der Waals surface area contributed by atoms with Gasteiger partial charge in [-0.15, -0.1) is 0 Å². The molecule has 0 bridgehead atoms. The molecule has 0 fully saturated rings. The summed E-state index contributed by atoms with van der Waals surface area (Å²) in [6, 6.07) is 0. The second-order valence-electron chi connectivity index (χ2n) is 3.83. The van der Waals surface area contributed by atoms with Gasteiger partial charge in [-0.25, -0.2) is 5.01 Å². The van der Waals surface area contributed by atoms with Crippen molar-refractivity contribution in [1.29, 1.82) is 0 Å². The van der Waals surface area contributed by atoms with Crippen molar-refractivity contribution in [3.8, 4) is 0 Å². The molecule has 0 aliphatic heterocycles. The third-order valence-electron chi connectivity index (χ3n) is 1.87. The average Bonchev–Trinajstić information content (AvgIpc) is 2.13. The van der Waals surface area contributed by atoms with Crippen molar-refractivity contribution in [3.05, 3.63) is 12.2 Å². The smallest absolute Gasteiger partial charge is 0.264 e. The summed E-state index contributed by atoms with van der Waals surface area (Å²) in [5, 5.41) is 3.05. The molecular weight excluding hydrogens is 246 g/mol. The number of hydrazine groups is 2. The molecule has 1 amide bonds. The molecule has 0 heterocycles. The Morgan fingerprint density at radius 1 is 1.41 bits per heavy atom. The zero-order chi connectivity index (χ0) is 13.6. The number of carbonyl (C=O) groups excluding carboxylic acids is 1. The number of nitrogens with zero attached hydrogens (tertiary/aromatic N) is 2. The van der Waals surface area contributed by atoms with Crippen molar-refractivity contribution < 1.29 is 17.8 Å². The normalized spacial score (nSPS) is 11.9. The number of hydrogen-bond donors (Lipinski definition) is 2. The second kappa shape index (κ2) is 6.70. The first-order valence-corrected chi connectivity index (χ1v) is 6.61. The number of nitrogens with one attached hydrogen (secondary N) is 1. The van der Waals surface area contributed by atoms with Crippen molar-refractivity contribution in [2.24, 2.45) is 0 Å². The predicted molar refractivity (Wildman–Crippen MR) is 64.4 cm³/mol. The van der Waals surface area contributed by atoms with Gasteiger partial charge >= 0.3 is 0 Å². The lowest BCUT2D eigenvalue weighted by Gasteiger charge is -2.28. The van der Waals surface area contributed by atoms with E-state index in [9.17, 15) is 13.2 Å². The largest absolute Gasteiger partial charge is 0.286 e. The molecular formula is C9H19N3O4S. The Hall–Kier alpha value is -0.960. The molecule has 0 saturated carbocycles. The first-order valence-electron chi connectivity index (χ1n) is 5.00. The third kappa shape index (κ3) is 7.86. The van der Waals surface area contributed by atoms with Gasteiger partial charge in [0.15, 0.2) is 0 Å². The molecule has 0 aromatic heterocycles. The van der Waals surface area contributed by atoms with Crippen molar-refractivity contribution in [3.63, 3.8) is 0 Å². The van der Waals surface area contributed by atoms with Crippen LogP contribution in [0.4, 0.5) is 0 Å². The van der Waals surface area contributed by atoms with E-state index in [1.807, 2.05) is 0 Å². The highest BCUT2D eigenvalue weighted by Crippen LogP contribution is 1.96. The molecule has 0 aromatic rings. The summed E-state index contributed by atoms with van der Waals surface area (Å²) in [4.78, 5) is 11.4. The molecule has 7 nitrogen and oxygen atoms in total. The van der Waals surface area contributed by atoms with Gasteiger partial charge in [-0.1, -0.05) is 6.58 Å². The highest BCUT2D eigenvalue weighted by Gasteiger charge is 2.13. The van der Waals surface area contributed by atoms with Crippen LogP contribution in [0.1, 0.15) is 13.3 Å². The fourth-order valence-electron chi connectivity index (χ4n) is 0.965. The van der Waals surface area contributed by atoms with Crippen LogP contribution in [0.5, 0.6) is 0 Å². The monoisotopic (exact) mass is 265 g/mol. The van der Waals surface area contributed by atoms with Gasteiger partial charge in [0, 0.05) is 26.2 Å². The SMILES string of the molecule is C=C(C)C(=O)NN(CCCS(=O)(=O)O)N(C)C. The van der Waals surface area contributed by atoms with E-state index in [2.05, 4.69) is 12.0 Å². The summed E-state index contributed by atoms with van der Waals surface area (Å²) >= 11 is 0. The van der Waals surface area contributed by atoms with Crippen molar-refractivity contribution in [2.45, 2.75) is 13.3 Å². The van der Waals surface area contributed by atoms with Crippen LogP contribution in [-0.4, -0.2) is 55.4 Å². The molecule has 2 N–H and O–H groups in total. The Morgan fingerprint density at radius 3 is 2.29 bits per heavy atom. The molecule has 0 spiro atoms. The molecule has 0 atom stereocenters. The zero-order valence-corrected chi connectivity index (χ0v) is 11.1. The number of hydrogen-bond acceptors (Lipinski definition) is 5. The van der Waals surface area contributed by atoms with Gasteiger partial charge in [0.1, 0.15) is 0 Å². The van der Waals surface area contributed by atoms with E-state index in [0.29, 0.717) is 5.57 Å². The van der Waals surface area contributed by atoms with E-state index in [4.69, 9.17) is 4.55 Å². The molecule has 0 aromatic carbocycles. The van der Waals surface area contributed by atoms with Crippen LogP contribution in [0.3, 0.4) is 0 Å². The summed E-state index contributed by atoms with van der Waals surface area (Å²) in [6.07, 6.45) is 0.202. The van der Waals surface area contributed by atoms with Crippen LogP contribution in [0.25, 0.3) is 0 Å². The van der Waals surface area contributed by atoms with Gasteiger partial charge in [-0.05, 0) is 13.3 Å². The Kier molecular flexibility index (Phi) is 6.32. The molecule has 8 heteroatoms. The van der Waals surface area contributed by atoms with Crippen LogP contribution in [0.2, 0.25) is 0 Å². The lowest BCUT2D eigenvalue weighted by atomic mass is 10.3. The first kappa shape index (κ1) is 16.0. The minimum atomic E-state index is -3.97. The van der Waals surface area contributed by atoms with Gasteiger partial charge < -0.3 is 0 Å². The zero-order valence-electron chi connectivity index (χ0n) is 10.3. The Morgan fingerprint density at radius 2 is 1.94 bits per heavy atom. The van der Waals surface area contributed by atoms with Gasteiger partial charge in [0.05, 0.1) is 5.75 Å². The fraction of sp³-hybridized carbons (Fsp3) is 0.667. The third-order valence-corrected chi connectivity index (χ3v) is 2.68. The summed E-state index contributed by atoms with van der Waals surface area (Å²) in [6.45, 7) is 5.33. The highest BCUT2D eigenvalue weighted by molar-refractivity contribution is 7.85. The highest BCUT2D eigenvalue weighted by atomic mass is 32.2. The fourth-order valence-corrected chi connectivity index (χ4v) is 1.46. The second-order valence-corrected chi connectivity index (χ2v) is 5.40. The minimum absolute atomic E-state index is 0.202. The van der Waals surface area contributed by atoms with E-state index in [1.165, 1.54) is 5.12 Å². The van der Waals surface area contributed by atoms with Crippen molar-refractivity contribution >= 4 is 16.0 Å². The van der Waals surface area contributed by atoms with Gasteiger partial charge in [-0.3, -0.25) is 14.8 Å². The van der Waals surface area contributed by atoms with Crippen molar-refractivity contribution in [2.75, 3.05) is 26.4 Å². The van der Waals surface area contributed by atoms with Crippen molar-refractivity contribution in [1.82, 2.24) is 15.6 Å². The van der Waals surface area contributed by atoms with E-state index >= 15 is 0 Å². The molecule has 100 valence electrons. The van der Waals surface area contributed by atoms with E-state index in [1.54, 1.807) is 26.0 Å². The molecule has 17 heavy (non-hydrogen) atoms. The Labute approximate surface area is 102 Å². The number of rotatable bonds is 7. The lowest BCUT2D eigenvalue weighted by Crippen LogP contribution is -2.50. The molecule has 0 saturated heterocycles. The number of amides is 1. The maximum absolute atomic E-state index is 11.4. The quantitative estimate of drug-likeness (QED) is 0.371. The first-order chi connectivity index (χ1) is 7.63. The predicted octanol–water partition coefficient (Wildman–Crippen LogP) is -0.350. The van der Waals surface area contributed by atoms with Gasteiger partial charge in [-0.2, -0.15) is 13.5 Å². The van der Waals surface area contributed by atoms with Crippen LogP contribution >= 0.6 is 0 Å². The van der Waals surface area contributed by atoms with Crippen LogP contribution in [-0.2, 0) is 14.9 Å². The standard InChI is InChI=1S/C9H19N3O4S/c1-8(2)9(13)10-12(11(3)4)6-5-7-17(14,15)16/h1,5-7H2,2-4H3,(H,10,13)(H,14,15,16). The molecule has 0 aliphatic carbocycles. The average molecular weight is 265 g/mol. The molecule has 0 unspecified atom stereocenters. The van der Waals surface area contributed by atoms with Gasteiger partial charge in [0.2, 0.25) is 0 Å². The summed E-state index contributed by atoms with van der Waals surface area (Å²) < 4.78 is 29.6. The number of carbonyl (C=O) groups is 1. The van der Waals surface area contributed by atoms with Crippen LogP contribution in [0.15, 0.2) is 12.2 Å². The molecule has 0 aliphatic rings. The Balaban J connectivity index is 4.26. The summed E-state index contributed by atoms with van der Waals surface area (Å²) in [5.74, 6) is -0.689. The van der Waals surface area contributed by atoms with E-state index < -0.39 is 10.1 Å². The minimum Gasteiger partial charge on any atom is -0.286 e. The topological polar surface area (TPSA) is 90.0 Å². The van der Waals surface area contributed by atoms with Crippen LogP contribution < -0.4 is 5.43 Å². The van der Waals surface area contributed by atoms with E-state index in [-0.39, 0.29) is 24.6 Å². The molecule has 0 radical (unpaired) electrons. The van der Waals surface area contributed by atoms with E-state index in [0.717, 1.165) is 0 Å². The maximum atomic E-state index is 11.4. The van der Waals surface area contributed by atoms with Gasteiger partial charge in [0.25, 0.3) is 16.0 Å². The lowest BCUT2D eigenvalue weighted by molar-refractivity contribution is -0.130. The Bertz CT molecular complexity index is 378. The summed E-state index contributed by atoms with van der Waals surface area (Å²) in [7, 11) is -0.565. The maximum Gasteiger partial charge on any atom is 0.264 e. The molecule has 0 rings (SSSR count). The summed E-state index contributed by atoms with van der Waals surface area (Å²) in [5.41, 5.74) is 2.90. The van der Waals surface area contributed by atoms with Crippen LogP contribution in [0, 0.1) is 0 Å².